The molecule has 1 radical (unpaired) electrons. The first kappa shape index (κ1) is 51.8. The van der Waals surface area contributed by atoms with Gasteiger partial charge in [0.1, 0.15) is 23.3 Å². The Morgan fingerprint density at radius 3 is 1.20 bits per heavy atom. The Labute approximate surface area is 444 Å². The Hall–Kier alpha value is -5.58. The molecule has 0 unspecified atom stereocenters. The summed E-state index contributed by atoms with van der Waals surface area (Å²) in [6, 6.07) is 23.4. The van der Waals surface area contributed by atoms with Crippen LogP contribution in [0.5, 0.6) is 0 Å². The topological polar surface area (TPSA) is 183 Å². The van der Waals surface area contributed by atoms with E-state index in [1.54, 1.807) is 36.9 Å². The third kappa shape index (κ3) is 12.4. The maximum absolute atomic E-state index is 13.2. The van der Waals surface area contributed by atoms with Crippen molar-refractivity contribution in [3.63, 3.8) is 0 Å². The maximum Gasteiger partial charge on any atom is 0.261 e. The molecule has 0 spiro atoms. The van der Waals surface area contributed by atoms with Gasteiger partial charge in [-0.1, -0.05) is 35.3 Å². The van der Waals surface area contributed by atoms with Gasteiger partial charge in [-0.15, -0.1) is 0 Å². The fourth-order valence-electron chi connectivity index (χ4n) is 7.61. The molecule has 4 aromatic heterocycles. The monoisotopic (exact) mass is 1110 g/mol. The van der Waals surface area contributed by atoms with E-state index in [0.717, 1.165) is 110 Å². The fraction of sp³-hybridized carbons (Fsp3) is 0.167. The smallest absolute Gasteiger partial charge is 0.261 e. The summed E-state index contributed by atoms with van der Waals surface area (Å²) in [4.78, 5) is 35.2. The molecule has 71 heavy (non-hydrogen) atoms. The first-order valence-corrected chi connectivity index (χ1v) is 25.3. The normalized spacial score (nSPS) is 14.7. The average molecular weight is 1110 g/mol. The number of fused-ring (bicyclic) bond motifs is 2. The van der Waals surface area contributed by atoms with E-state index in [9.17, 15) is 25.6 Å². The Balaban J connectivity index is 0.000000188. The minimum absolute atomic E-state index is 0. The SMILES string of the molecule is [CH2-]N1CCN(c2cnc3ccc(-c4cnc(Cl)c(NS(=O)(=O)c5ccc(F)cc5)c4)cc3n2)CC1.[CH2-]N1CCN(c2cnc3ccc(-c4cnc(Cl)c(NS(=O)(=O)c5ccc(F)cc5)c4)cc3n2)CC1.[Y]. The Kier molecular flexibility index (Phi) is 16.1. The number of nitrogens with one attached hydrogen (secondary N) is 2. The zero-order valence-corrected chi connectivity index (χ0v) is 43.6. The molecule has 0 saturated carbocycles. The van der Waals surface area contributed by atoms with Crippen LogP contribution in [-0.4, -0.2) is 109 Å². The molecule has 2 N–H and O–H groups in total. The number of rotatable bonds is 10. The second-order valence-electron chi connectivity index (χ2n) is 16.3. The summed E-state index contributed by atoms with van der Waals surface area (Å²) in [5.74, 6) is 0.533. The molecule has 363 valence electrons. The van der Waals surface area contributed by atoms with Crippen LogP contribution in [0.1, 0.15) is 0 Å². The number of anilines is 4. The van der Waals surface area contributed by atoms with Crippen LogP contribution in [0.25, 0.3) is 44.3 Å². The third-order valence-corrected chi connectivity index (χ3v) is 14.9. The summed E-state index contributed by atoms with van der Waals surface area (Å²) in [6.45, 7) is 6.70. The van der Waals surface area contributed by atoms with E-state index in [4.69, 9.17) is 33.2 Å². The van der Waals surface area contributed by atoms with Crippen LogP contribution in [0.3, 0.4) is 0 Å². The van der Waals surface area contributed by atoms with Crippen LogP contribution in [-0.2, 0) is 52.8 Å². The van der Waals surface area contributed by atoms with Gasteiger partial charge in [-0.2, -0.15) is 0 Å². The summed E-state index contributed by atoms with van der Waals surface area (Å²) in [6.07, 6.45) is 6.66. The van der Waals surface area contributed by atoms with Crippen molar-refractivity contribution in [2.45, 2.75) is 9.79 Å². The third-order valence-electron chi connectivity index (χ3n) is 11.5. The van der Waals surface area contributed by atoms with Crippen LogP contribution < -0.4 is 19.2 Å². The second kappa shape index (κ2) is 22.0. The van der Waals surface area contributed by atoms with Crippen molar-refractivity contribution in [1.29, 1.82) is 0 Å². The minimum atomic E-state index is -3.99. The van der Waals surface area contributed by atoms with Crippen molar-refractivity contribution in [2.24, 2.45) is 0 Å². The number of benzene rings is 4. The van der Waals surface area contributed by atoms with Crippen LogP contribution in [0.2, 0.25) is 10.3 Å². The number of piperazine rings is 2. The summed E-state index contributed by atoms with van der Waals surface area (Å²) in [7, 11) is -0.0217. The predicted octanol–water partition coefficient (Wildman–Crippen LogP) is 8.39. The molecule has 0 aliphatic carbocycles. The quantitative estimate of drug-likeness (QED) is 0.0984. The fourth-order valence-corrected chi connectivity index (χ4v) is 10.1. The van der Waals surface area contributed by atoms with Gasteiger partial charge >= 0.3 is 0 Å². The molecule has 4 aromatic carbocycles. The standard InChI is InChI=1S/2C24H21ClFN6O2S.Y/c2*1-31-8-10-32(11-9-31)23-15-27-20-7-2-16(12-21(20)29-23)17-13-22(24(25)28-14-17)30-35(33,34)19-5-3-18(26)4-6-19;/h2*2-7,12-15,30H,1,8-11H2;/q2*-1;. The van der Waals surface area contributed by atoms with Gasteiger partial charge in [-0.25, -0.2) is 45.6 Å². The predicted molar refractivity (Wildman–Crippen MR) is 268 cm³/mol. The summed E-state index contributed by atoms with van der Waals surface area (Å²) in [5, 5.41) is -0.0151. The molecule has 2 aliphatic rings. The van der Waals surface area contributed by atoms with Gasteiger partial charge in [0.05, 0.1) is 55.6 Å². The van der Waals surface area contributed by atoms with Crippen molar-refractivity contribution >= 4 is 88.3 Å². The van der Waals surface area contributed by atoms with Crippen LogP contribution in [0.4, 0.5) is 31.8 Å². The number of halogens is 4. The van der Waals surface area contributed by atoms with Gasteiger partial charge in [0, 0.05) is 82.4 Å². The van der Waals surface area contributed by atoms with E-state index in [0.29, 0.717) is 22.2 Å². The van der Waals surface area contributed by atoms with E-state index < -0.39 is 31.7 Å². The van der Waals surface area contributed by atoms with Crippen molar-refractivity contribution in [3.8, 4) is 22.3 Å². The second-order valence-corrected chi connectivity index (χ2v) is 20.4. The maximum atomic E-state index is 13.2. The molecule has 0 atom stereocenters. The van der Waals surface area contributed by atoms with Crippen LogP contribution in [0.15, 0.2) is 132 Å². The molecule has 16 nitrogen and oxygen atoms in total. The number of nitrogens with zero attached hydrogens (tertiary/aromatic N) is 10. The first-order chi connectivity index (χ1) is 33.6. The molecular weight excluding hydrogens is 1070 g/mol. The molecule has 0 amide bonds. The Morgan fingerprint density at radius 2 is 0.831 bits per heavy atom. The van der Waals surface area contributed by atoms with Gasteiger partial charge in [0.15, 0.2) is 10.3 Å². The molecule has 8 aromatic rings. The van der Waals surface area contributed by atoms with Crippen LogP contribution >= 0.6 is 23.2 Å². The largest absolute Gasteiger partial charge is 0.456 e. The van der Waals surface area contributed by atoms with Crippen LogP contribution in [0, 0.1) is 25.7 Å². The van der Waals surface area contributed by atoms with E-state index in [-0.39, 0.29) is 64.2 Å². The number of aromatic nitrogens is 6. The summed E-state index contributed by atoms with van der Waals surface area (Å²) in [5.41, 5.74) is 5.97. The molecule has 6 heterocycles. The Bertz CT molecular complexity index is 3220. The zero-order valence-electron chi connectivity index (χ0n) is 37.6. The van der Waals surface area contributed by atoms with Gasteiger partial charge in [0.25, 0.3) is 20.0 Å². The number of hydrogen-bond donors (Lipinski definition) is 2. The number of pyridine rings is 2. The average Bonchev–Trinajstić information content (AvgIpc) is 3.35. The molecule has 2 aliphatic heterocycles. The van der Waals surface area contributed by atoms with E-state index in [1.165, 1.54) is 24.3 Å². The van der Waals surface area contributed by atoms with E-state index in [1.807, 2.05) is 46.2 Å². The van der Waals surface area contributed by atoms with Crippen molar-refractivity contribution < 1.29 is 58.3 Å². The summed E-state index contributed by atoms with van der Waals surface area (Å²) < 4.78 is 82.3. The molecule has 2 saturated heterocycles. The van der Waals surface area contributed by atoms with E-state index in [2.05, 4.69) is 53.3 Å². The van der Waals surface area contributed by atoms with Gasteiger partial charge in [0.2, 0.25) is 0 Å². The van der Waals surface area contributed by atoms with Gasteiger partial charge < -0.3 is 19.6 Å². The van der Waals surface area contributed by atoms with Crippen molar-refractivity contribution in [1.82, 2.24) is 39.7 Å². The van der Waals surface area contributed by atoms with Crippen molar-refractivity contribution in [2.75, 3.05) is 71.6 Å². The van der Waals surface area contributed by atoms with Gasteiger partial charge in [-0.3, -0.25) is 33.5 Å². The molecule has 2 fully saturated rings. The van der Waals surface area contributed by atoms with E-state index >= 15 is 0 Å². The van der Waals surface area contributed by atoms with Gasteiger partial charge in [-0.05, 0) is 122 Å². The molecule has 0 bridgehead atoms. The molecular formula is C48H42Cl2F2N12O4S2Y-2. The zero-order chi connectivity index (χ0) is 49.2. The molecule has 10 rings (SSSR count). The number of sulfonamides is 2. The van der Waals surface area contributed by atoms with Crippen molar-refractivity contribution in [3.05, 3.63) is 158 Å². The Morgan fingerprint density at radius 1 is 0.465 bits per heavy atom. The first-order valence-electron chi connectivity index (χ1n) is 21.6. The summed E-state index contributed by atoms with van der Waals surface area (Å²) >= 11 is 12.4. The molecule has 23 heteroatoms. The minimum Gasteiger partial charge on any atom is -0.456 e. The number of hydrogen-bond acceptors (Lipinski definition) is 14.